The molecule has 8 rings (SSSR count). The molecule has 3 heterocycles. The topological polar surface area (TPSA) is 83.2 Å². The van der Waals surface area contributed by atoms with Gasteiger partial charge in [0.25, 0.3) is 0 Å². The first kappa shape index (κ1) is 108. The van der Waals surface area contributed by atoms with Crippen molar-refractivity contribution < 1.29 is 13.9 Å². The van der Waals surface area contributed by atoms with Crippen LogP contribution in [0.2, 0.25) is 0 Å². The zero-order valence-electron chi connectivity index (χ0n) is 85.7. The molecule has 3 aromatic heterocycles. The Morgan fingerprint density at radius 2 is 0.402 bits per heavy atom. The molecule has 8 aromatic rings. The van der Waals surface area contributed by atoms with Gasteiger partial charge in [-0.25, -0.2) is 0 Å². The predicted octanol–water partition coefficient (Wildman–Crippen LogP) is 32.1. The molecule has 5 aromatic carbocycles. The summed E-state index contributed by atoms with van der Waals surface area (Å²) in [6.07, 6.45) is 4.00. The summed E-state index contributed by atoms with van der Waals surface area (Å²) in [5, 5.41) is 8.07. The fourth-order valence-electron chi connectivity index (χ4n) is 12.4. The fourth-order valence-corrected chi connectivity index (χ4v) is 12.4. The maximum Gasteiger partial charge on any atom is 0.221 e. The van der Waals surface area contributed by atoms with Crippen LogP contribution in [0.1, 0.15) is 433 Å². The number of aromatic nitrogens is 4. The molecule has 0 fully saturated rings. The van der Waals surface area contributed by atoms with E-state index in [9.17, 15) is 0 Å². The number of benzene rings is 5. The quantitative estimate of drug-likeness (QED) is 0.170. The van der Waals surface area contributed by atoms with Gasteiger partial charge < -0.3 is 13.9 Å². The Morgan fingerprint density at radius 3 is 0.556 bits per heavy atom. The molecule has 7 heteroatoms. The maximum atomic E-state index is 5.59. The Balaban J connectivity index is 0.000000669. The first-order valence-electron chi connectivity index (χ1n) is 43.4. The van der Waals surface area contributed by atoms with Gasteiger partial charge in [0.15, 0.2) is 0 Å². The Bertz CT molecular complexity index is 3850. The Labute approximate surface area is 723 Å². The molecule has 7 nitrogen and oxygen atoms in total. The molecule has 0 aliphatic rings. The molecular formula is C110H178N4O3. The third kappa shape index (κ3) is 36.9. The second-order valence-corrected chi connectivity index (χ2v) is 49.2. The van der Waals surface area contributed by atoms with Crippen molar-refractivity contribution in [3.8, 4) is 11.5 Å². The zero-order chi connectivity index (χ0) is 92.1. The summed E-state index contributed by atoms with van der Waals surface area (Å²) >= 11 is 0. The number of nitrogens with zero attached hydrogens (tertiary/aromatic N) is 4. The lowest BCUT2D eigenvalue weighted by molar-refractivity contribution is 0.331. The molecule has 0 bridgehead atoms. The summed E-state index contributed by atoms with van der Waals surface area (Å²) in [7, 11) is 3.49. The predicted molar refractivity (Wildman–Crippen MR) is 517 cm³/mol. The third-order valence-electron chi connectivity index (χ3n) is 20.7. The van der Waals surface area contributed by atoms with Gasteiger partial charge >= 0.3 is 0 Å². The van der Waals surface area contributed by atoms with E-state index < -0.39 is 0 Å². The lowest BCUT2D eigenvalue weighted by Crippen LogP contribution is -2.16. The van der Waals surface area contributed by atoms with Crippen molar-refractivity contribution in [2.75, 3.05) is 14.2 Å². The summed E-state index contributed by atoms with van der Waals surface area (Å²) in [6.45, 7) is 110. The highest BCUT2D eigenvalue weighted by Crippen LogP contribution is 2.39. The number of hydrogen-bond acceptors (Lipinski definition) is 7. The van der Waals surface area contributed by atoms with Crippen LogP contribution in [-0.4, -0.2) is 34.4 Å². The summed E-state index contributed by atoms with van der Waals surface area (Å²) in [4.78, 5) is 9.03. The van der Waals surface area contributed by atoms with Crippen molar-refractivity contribution in [1.29, 1.82) is 0 Å². The van der Waals surface area contributed by atoms with Gasteiger partial charge in [0.05, 0.1) is 14.2 Å². The van der Waals surface area contributed by atoms with Gasteiger partial charge in [0.2, 0.25) is 11.8 Å². The summed E-state index contributed by atoms with van der Waals surface area (Å²) in [6, 6.07) is 44.6. The minimum atomic E-state index is -0.0590. The van der Waals surface area contributed by atoms with Gasteiger partial charge in [-0.15, -0.1) is 10.2 Å². The second-order valence-electron chi connectivity index (χ2n) is 49.2. The summed E-state index contributed by atoms with van der Waals surface area (Å²) < 4.78 is 16.6. The van der Waals surface area contributed by atoms with Crippen LogP contribution in [0.5, 0.6) is 11.5 Å². The third-order valence-corrected chi connectivity index (χ3v) is 20.7. The van der Waals surface area contributed by atoms with Crippen molar-refractivity contribution in [3.05, 3.63) is 235 Å². The van der Waals surface area contributed by atoms with E-state index in [1.807, 2.05) is 12.4 Å². The first-order valence-corrected chi connectivity index (χ1v) is 43.4. The van der Waals surface area contributed by atoms with E-state index >= 15 is 0 Å². The van der Waals surface area contributed by atoms with Crippen molar-refractivity contribution in [3.63, 3.8) is 0 Å². The number of ether oxygens (including phenoxy) is 2. The number of methoxy groups -OCH3 is 2. The molecule has 117 heavy (non-hydrogen) atoms. The molecule has 656 valence electrons. The molecule has 0 saturated carbocycles. The average molecular weight is 1600 g/mol. The number of aryl methyl sites for hydroxylation is 2. The Morgan fingerprint density at radius 1 is 0.205 bits per heavy atom. The lowest BCUT2D eigenvalue weighted by atomic mass is 9.80. The highest BCUT2D eigenvalue weighted by atomic mass is 16.5. The van der Waals surface area contributed by atoms with Crippen LogP contribution in [-0.2, 0) is 86.6 Å². The molecule has 0 aliphatic carbocycles. The SMILES string of the molecule is CC(C)(C)c1ccc(C(C)(C)C)cc1.CC(C)(C)c1ccc(C(C)(C)C)nc1.CC(C)(C)c1ccc(C(C)(C)C)nc1.CC(C)(C)c1nnc(C(C)(C)C)o1.COc1cc(C(C)(C)C)ccc1C(C)(C)C.COc1cc(C(C)(C)C)ccc1C(C)(C)C.Cc1cc(C(C)(C)C)ccc1C(C)(C)C.Cc1cc(C(C)(C)C)ccc1C(C)(C)C. The maximum absolute atomic E-state index is 5.59. The first-order chi connectivity index (χ1) is 51.9. The van der Waals surface area contributed by atoms with Gasteiger partial charge in [0.1, 0.15) is 11.5 Å². The van der Waals surface area contributed by atoms with Crippen LogP contribution < -0.4 is 9.47 Å². The van der Waals surface area contributed by atoms with Gasteiger partial charge in [0, 0.05) is 45.4 Å². The van der Waals surface area contributed by atoms with Crippen molar-refractivity contribution in [2.24, 2.45) is 0 Å². The monoisotopic (exact) mass is 1600 g/mol. The van der Waals surface area contributed by atoms with Gasteiger partial charge in [-0.1, -0.05) is 429 Å². The molecular weight excluding hydrogens is 1430 g/mol. The number of pyridine rings is 2. The smallest absolute Gasteiger partial charge is 0.221 e. The zero-order valence-corrected chi connectivity index (χ0v) is 85.7. The lowest BCUT2D eigenvalue weighted by Gasteiger charge is -2.25. The van der Waals surface area contributed by atoms with E-state index in [0.29, 0.717) is 11.8 Å². The standard InChI is InChI=1S/2C15H24O.2C15H24.C14H22.2C13H21N.C10H18N2O/c2*1-14(2,3)11-8-9-12(15(4,5)6)13(10-11)16-7;2*1-11-10-12(14(2,3)4)8-9-13(11)15(5,6)7;1-13(2,3)11-7-9-12(10-8-11)14(4,5)6;2*1-12(2,3)10-7-8-11(14-9-10)13(4,5)6;1-9(2,3)7-11-12-8(13-7)10(4,5)6/h2*8-10H,1-7H3;2*8-10H,1-7H3;7-10H,1-6H3;2*7-9H,1-6H3;1-6H3. The van der Waals surface area contributed by atoms with Crippen molar-refractivity contribution >= 4 is 0 Å². The van der Waals surface area contributed by atoms with Crippen LogP contribution in [0.3, 0.4) is 0 Å². The van der Waals surface area contributed by atoms with E-state index in [2.05, 4.69) is 488 Å². The molecule has 0 atom stereocenters. The second kappa shape index (κ2) is 40.2. The highest BCUT2D eigenvalue weighted by Gasteiger charge is 2.30. The van der Waals surface area contributed by atoms with Crippen LogP contribution in [0.4, 0.5) is 0 Å². The van der Waals surface area contributed by atoms with Crippen LogP contribution in [0.15, 0.2) is 138 Å². The normalized spacial score (nSPS) is 13.0. The van der Waals surface area contributed by atoms with Crippen LogP contribution in [0.25, 0.3) is 0 Å². The van der Waals surface area contributed by atoms with Crippen molar-refractivity contribution in [2.45, 2.75) is 433 Å². The molecule has 0 aliphatic heterocycles. The van der Waals surface area contributed by atoms with E-state index in [-0.39, 0.29) is 86.6 Å². The van der Waals surface area contributed by atoms with Crippen LogP contribution >= 0.6 is 0 Å². The van der Waals surface area contributed by atoms with E-state index in [4.69, 9.17) is 13.9 Å². The number of hydrogen-bond donors (Lipinski definition) is 0. The van der Waals surface area contributed by atoms with Crippen molar-refractivity contribution in [1.82, 2.24) is 20.2 Å². The molecule has 0 radical (unpaired) electrons. The van der Waals surface area contributed by atoms with E-state index in [1.54, 1.807) is 14.2 Å². The summed E-state index contributed by atoms with van der Waals surface area (Å²) in [5.41, 5.74) is 24.2. The fraction of sp³-hybridized carbons (Fsp3) is 0.618. The van der Waals surface area contributed by atoms with E-state index in [1.165, 1.54) is 77.9 Å². The molecule has 0 N–H and O–H groups in total. The van der Waals surface area contributed by atoms with E-state index in [0.717, 1.165) is 22.9 Å². The Hall–Kier alpha value is -6.86. The molecule has 0 saturated heterocycles. The highest BCUT2D eigenvalue weighted by molar-refractivity contribution is 5.46. The van der Waals surface area contributed by atoms with Gasteiger partial charge in [-0.2, -0.15) is 0 Å². The minimum absolute atomic E-state index is 0.0590. The van der Waals surface area contributed by atoms with Gasteiger partial charge in [-0.3, -0.25) is 9.97 Å². The Kier molecular flexibility index (Phi) is 37.2. The minimum Gasteiger partial charge on any atom is -0.496 e. The van der Waals surface area contributed by atoms with Crippen LogP contribution in [0, 0.1) is 13.8 Å². The van der Waals surface area contributed by atoms with Gasteiger partial charge in [-0.05, 0) is 181 Å². The number of rotatable bonds is 2. The molecule has 0 spiro atoms. The largest absolute Gasteiger partial charge is 0.496 e. The molecule has 0 unspecified atom stereocenters. The summed E-state index contributed by atoms with van der Waals surface area (Å²) in [5.74, 6) is 3.41. The molecule has 0 amide bonds. The average Bonchev–Trinajstić information content (AvgIpc) is 0.865.